The first-order chi connectivity index (χ1) is 14.0. The normalized spacial score (nSPS) is 23.7. The molecule has 0 radical (unpaired) electrons. The summed E-state index contributed by atoms with van der Waals surface area (Å²) in [6, 6.07) is 5.01. The van der Waals surface area contributed by atoms with E-state index < -0.39 is 6.04 Å². The van der Waals surface area contributed by atoms with E-state index in [2.05, 4.69) is 11.9 Å². The predicted molar refractivity (Wildman–Crippen MR) is 112 cm³/mol. The number of hydrogen-bond acceptors (Lipinski definition) is 3. The van der Waals surface area contributed by atoms with Crippen molar-refractivity contribution in [2.45, 2.75) is 50.5 Å². The van der Waals surface area contributed by atoms with E-state index in [1.165, 1.54) is 12.8 Å². The summed E-state index contributed by atoms with van der Waals surface area (Å²) in [5.74, 6) is 0.261. The zero-order valence-corrected chi connectivity index (χ0v) is 17.0. The van der Waals surface area contributed by atoms with Gasteiger partial charge in [-0.1, -0.05) is 25.0 Å². The molecule has 29 heavy (non-hydrogen) atoms. The highest BCUT2D eigenvalue weighted by atomic mass is 16.2. The van der Waals surface area contributed by atoms with Gasteiger partial charge in [0.1, 0.15) is 6.04 Å². The molecular weight excluding hydrogens is 366 g/mol. The molecule has 1 aromatic rings. The minimum Gasteiger partial charge on any atom is -0.357 e. The Hall–Kier alpha value is -2.63. The zero-order chi connectivity index (χ0) is 20.5. The predicted octanol–water partition coefficient (Wildman–Crippen LogP) is 2.84. The van der Waals surface area contributed by atoms with Gasteiger partial charge < -0.3 is 10.2 Å². The third-order valence-electron chi connectivity index (χ3n) is 6.63. The van der Waals surface area contributed by atoms with Gasteiger partial charge in [-0.25, -0.2) is 0 Å². The van der Waals surface area contributed by atoms with Gasteiger partial charge in [0.05, 0.1) is 0 Å². The van der Waals surface area contributed by atoms with Crippen LogP contribution in [0, 0.1) is 5.92 Å². The molecule has 154 valence electrons. The lowest BCUT2D eigenvalue weighted by Gasteiger charge is -2.44. The van der Waals surface area contributed by atoms with Crippen molar-refractivity contribution < 1.29 is 14.4 Å². The number of carbonyl (C=O) groups excluding carboxylic acids is 3. The third kappa shape index (κ3) is 3.45. The fraction of sp³-hybridized carbons (Fsp3) is 0.522. The molecule has 3 amide bonds. The summed E-state index contributed by atoms with van der Waals surface area (Å²) in [6.45, 7) is 4.79. The van der Waals surface area contributed by atoms with E-state index in [0.29, 0.717) is 37.4 Å². The molecule has 1 aromatic carbocycles. The second kappa shape index (κ2) is 8.01. The Bertz CT molecular complexity index is 844. The Morgan fingerprint density at radius 3 is 2.72 bits per heavy atom. The van der Waals surface area contributed by atoms with Crippen molar-refractivity contribution in [1.82, 2.24) is 10.2 Å². The number of rotatable bonds is 5. The number of nitrogens with one attached hydrogen (secondary N) is 1. The highest BCUT2D eigenvalue weighted by Crippen LogP contribution is 2.44. The molecule has 0 bridgehead atoms. The standard InChI is InChI=1S/C23H29N3O3/c1-3-11-25-14-16-13-19(22(28)24-2)26(20(27)12-15-7-4-5-8-15)18-10-6-9-17(21(16)18)23(25)29/h3,6,9-10,15-16,19H,1,4-5,7-8,11-14H2,2H3,(H,24,28)/t16-,19-/m0/s1. The van der Waals surface area contributed by atoms with Crippen molar-refractivity contribution in [3.8, 4) is 0 Å². The topological polar surface area (TPSA) is 69.7 Å². The van der Waals surface area contributed by atoms with Crippen LogP contribution in [0.1, 0.15) is 60.4 Å². The molecule has 2 heterocycles. The summed E-state index contributed by atoms with van der Waals surface area (Å²) in [5.41, 5.74) is 2.31. The number of hydrogen-bond donors (Lipinski definition) is 1. The van der Waals surface area contributed by atoms with Crippen LogP contribution in [0.4, 0.5) is 5.69 Å². The first-order valence-corrected chi connectivity index (χ1v) is 10.6. The Morgan fingerprint density at radius 1 is 1.28 bits per heavy atom. The van der Waals surface area contributed by atoms with Gasteiger partial charge in [0.25, 0.3) is 5.91 Å². The maximum Gasteiger partial charge on any atom is 0.254 e. The van der Waals surface area contributed by atoms with Crippen molar-refractivity contribution in [3.05, 3.63) is 42.0 Å². The van der Waals surface area contributed by atoms with E-state index in [9.17, 15) is 14.4 Å². The molecule has 0 spiro atoms. The van der Waals surface area contributed by atoms with Crippen LogP contribution in [0.15, 0.2) is 30.9 Å². The molecule has 6 nitrogen and oxygen atoms in total. The molecule has 3 aliphatic rings. The van der Waals surface area contributed by atoms with Gasteiger partial charge in [-0.3, -0.25) is 19.3 Å². The largest absolute Gasteiger partial charge is 0.357 e. The van der Waals surface area contributed by atoms with Crippen LogP contribution in [0.25, 0.3) is 0 Å². The molecule has 1 saturated carbocycles. The zero-order valence-electron chi connectivity index (χ0n) is 17.0. The molecule has 0 aromatic heterocycles. The van der Waals surface area contributed by atoms with Gasteiger partial charge in [0, 0.05) is 43.7 Å². The molecule has 6 heteroatoms. The molecule has 4 rings (SSSR count). The molecule has 1 N–H and O–H groups in total. The second-order valence-electron chi connectivity index (χ2n) is 8.42. The molecule has 2 atom stereocenters. The fourth-order valence-corrected chi connectivity index (χ4v) is 5.30. The van der Waals surface area contributed by atoms with Gasteiger partial charge in [-0.05, 0) is 42.9 Å². The summed E-state index contributed by atoms with van der Waals surface area (Å²) < 4.78 is 0. The Balaban J connectivity index is 1.75. The summed E-state index contributed by atoms with van der Waals surface area (Å²) >= 11 is 0. The van der Waals surface area contributed by atoms with Crippen molar-refractivity contribution in [3.63, 3.8) is 0 Å². The Morgan fingerprint density at radius 2 is 2.03 bits per heavy atom. The Labute approximate surface area is 171 Å². The summed E-state index contributed by atoms with van der Waals surface area (Å²) in [4.78, 5) is 42.5. The highest BCUT2D eigenvalue weighted by Gasteiger charge is 2.44. The lowest BCUT2D eigenvalue weighted by molar-refractivity contribution is -0.127. The molecule has 1 aliphatic carbocycles. The van der Waals surface area contributed by atoms with E-state index in [1.807, 2.05) is 18.2 Å². The molecule has 1 fully saturated rings. The van der Waals surface area contributed by atoms with E-state index in [1.54, 1.807) is 22.9 Å². The number of nitrogens with zero attached hydrogens (tertiary/aromatic N) is 2. The number of benzene rings is 1. The van der Waals surface area contributed by atoms with Gasteiger partial charge >= 0.3 is 0 Å². The van der Waals surface area contributed by atoms with Crippen LogP contribution in [0.5, 0.6) is 0 Å². The summed E-state index contributed by atoms with van der Waals surface area (Å²) in [6.07, 6.45) is 7.23. The maximum atomic E-state index is 13.4. The summed E-state index contributed by atoms with van der Waals surface area (Å²) in [5, 5.41) is 2.74. The van der Waals surface area contributed by atoms with Crippen LogP contribution in [0.2, 0.25) is 0 Å². The minimum absolute atomic E-state index is 0.00156. The van der Waals surface area contributed by atoms with Crippen LogP contribution in [0.3, 0.4) is 0 Å². The maximum absolute atomic E-state index is 13.4. The van der Waals surface area contributed by atoms with Crippen LogP contribution in [-0.4, -0.2) is 48.8 Å². The number of likely N-dealkylation sites (N-methyl/N-ethyl adjacent to an activating group) is 1. The smallest absolute Gasteiger partial charge is 0.254 e. The van der Waals surface area contributed by atoms with Gasteiger partial charge in [0.2, 0.25) is 11.8 Å². The number of anilines is 1. The van der Waals surface area contributed by atoms with Crippen LogP contribution >= 0.6 is 0 Å². The van der Waals surface area contributed by atoms with Crippen molar-refractivity contribution >= 4 is 23.4 Å². The number of amides is 3. The lowest BCUT2D eigenvalue weighted by Crippen LogP contribution is -2.55. The van der Waals surface area contributed by atoms with Crippen molar-refractivity contribution in [1.29, 1.82) is 0 Å². The van der Waals surface area contributed by atoms with Gasteiger partial charge in [0.15, 0.2) is 0 Å². The molecule has 0 unspecified atom stereocenters. The first kappa shape index (κ1) is 19.7. The molecule has 0 saturated heterocycles. The first-order valence-electron chi connectivity index (χ1n) is 10.6. The fourth-order valence-electron chi connectivity index (χ4n) is 5.30. The Kier molecular flexibility index (Phi) is 5.43. The van der Waals surface area contributed by atoms with Crippen LogP contribution in [-0.2, 0) is 9.59 Å². The van der Waals surface area contributed by atoms with Gasteiger partial charge in [-0.2, -0.15) is 0 Å². The third-order valence-corrected chi connectivity index (χ3v) is 6.63. The van der Waals surface area contributed by atoms with Crippen LogP contribution < -0.4 is 10.2 Å². The monoisotopic (exact) mass is 395 g/mol. The molecular formula is C23H29N3O3. The quantitative estimate of drug-likeness (QED) is 0.780. The van der Waals surface area contributed by atoms with Gasteiger partial charge in [-0.15, -0.1) is 6.58 Å². The van der Waals surface area contributed by atoms with E-state index in [4.69, 9.17) is 0 Å². The lowest BCUT2D eigenvalue weighted by atomic mass is 9.79. The van der Waals surface area contributed by atoms with Crippen molar-refractivity contribution in [2.75, 3.05) is 25.0 Å². The minimum atomic E-state index is -0.541. The number of carbonyl (C=O) groups is 3. The SMILES string of the molecule is C=CCN1C[C@@H]2C[C@@H](C(=O)NC)N(C(=O)CC3CCCC3)c3cccc(c32)C1=O. The average Bonchev–Trinajstić information content (AvgIpc) is 3.23. The van der Waals surface area contributed by atoms with E-state index in [0.717, 1.165) is 24.1 Å². The molecule has 2 aliphatic heterocycles. The second-order valence-corrected chi connectivity index (χ2v) is 8.42. The van der Waals surface area contributed by atoms with E-state index >= 15 is 0 Å². The van der Waals surface area contributed by atoms with Crippen molar-refractivity contribution in [2.24, 2.45) is 5.92 Å². The van der Waals surface area contributed by atoms with E-state index in [-0.39, 0.29) is 23.6 Å². The highest BCUT2D eigenvalue weighted by molar-refractivity contribution is 6.06. The average molecular weight is 396 g/mol. The summed E-state index contributed by atoms with van der Waals surface area (Å²) in [7, 11) is 1.61.